The first-order valence-electron chi connectivity index (χ1n) is 10.1. The number of amides is 1. The summed E-state index contributed by atoms with van der Waals surface area (Å²) in [5, 5.41) is 3.28. The molecular weight excluding hydrogens is 397 g/mol. The molecule has 0 aliphatic carbocycles. The Labute approximate surface area is 181 Å². The van der Waals surface area contributed by atoms with E-state index >= 15 is 0 Å². The summed E-state index contributed by atoms with van der Waals surface area (Å²) in [6.07, 6.45) is 2.61. The van der Waals surface area contributed by atoms with Crippen LogP contribution in [0.25, 0.3) is 6.08 Å². The van der Waals surface area contributed by atoms with Gasteiger partial charge in [-0.3, -0.25) is 4.79 Å². The highest BCUT2D eigenvalue weighted by atomic mass is 32.2. The lowest BCUT2D eigenvalue weighted by Gasteiger charge is -2.45. The summed E-state index contributed by atoms with van der Waals surface area (Å²) in [6, 6.07) is 11.2. The third-order valence-electron chi connectivity index (χ3n) is 5.92. The highest BCUT2D eigenvalue weighted by Crippen LogP contribution is 2.43. The molecule has 0 radical (unpaired) electrons. The Balaban J connectivity index is 1.66. The summed E-state index contributed by atoms with van der Waals surface area (Å²) in [6.45, 7) is 8.52. The number of aryl methyl sites for hydroxylation is 1. The van der Waals surface area contributed by atoms with Gasteiger partial charge in [-0.1, -0.05) is 19.1 Å². The number of thioether (sulfide) groups is 1. The first-order valence-corrected chi connectivity index (χ1v) is 10.9. The zero-order chi connectivity index (χ0) is 21.6. The van der Waals surface area contributed by atoms with Crippen LogP contribution in [0.5, 0.6) is 0 Å². The van der Waals surface area contributed by atoms with Crippen LogP contribution in [0.2, 0.25) is 0 Å². The fraction of sp³-hybridized carbons (Fsp3) is 0.333. The highest BCUT2D eigenvalue weighted by molar-refractivity contribution is 8.18. The van der Waals surface area contributed by atoms with Crippen molar-refractivity contribution in [3.63, 3.8) is 0 Å². The Hall–Kier alpha value is -2.60. The van der Waals surface area contributed by atoms with Crippen LogP contribution in [0.15, 0.2) is 46.3 Å². The number of benzene rings is 2. The molecule has 1 amide bonds. The van der Waals surface area contributed by atoms with Crippen LogP contribution in [0.4, 0.5) is 15.8 Å². The summed E-state index contributed by atoms with van der Waals surface area (Å²) in [5.41, 5.74) is 4.31. The predicted octanol–water partition coefficient (Wildman–Crippen LogP) is 5.75. The molecule has 0 bridgehead atoms. The summed E-state index contributed by atoms with van der Waals surface area (Å²) >= 11 is 1.23. The van der Waals surface area contributed by atoms with E-state index in [0.717, 1.165) is 28.9 Å². The van der Waals surface area contributed by atoms with Crippen molar-refractivity contribution in [2.24, 2.45) is 4.99 Å². The van der Waals surface area contributed by atoms with E-state index in [2.05, 4.69) is 36.0 Å². The number of rotatable bonds is 2. The van der Waals surface area contributed by atoms with Crippen LogP contribution >= 0.6 is 11.8 Å². The number of hydrogen-bond donors (Lipinski definition) is 1. The average Bonchev–Trinajstić information content (AvgIpc) is 2.99. The molecule has 1 atom stereocenters. The van der Waals surface area contributed by atoms with E-state index in [1.54, 1.807) is 12.1 Å². The van der Waals surface area contributed by atoms with Crippen molar-refractivity contribution >= 4 is 40.3 Å². The minimum Gasteiger partial charge on any atom is -0.369 e. The van der Waals surface area contributed by atoms with E-state index in [9.17, 15) is 9.18 Å². The van der Waals surface area contributed by atoms with Gasteiger partial charge < -0.3 is 10.2 Å². The maximum absolute atomic E-state index is 15.0. The van der Waals surface area contributed by atoms with Crippen LogP contribution in [-0.2, 0) is 4.79 Å². The number of anilines is 1. The van der Waals surface area contributed by atoms with Crippen LogP contribution < -0.4 is 10.2 Å². The van der Waals surface area contributed by atoms with E-state index in [0.29, 0.717) is 21.6 Å². The molecule has 0 spiro atoms. The van der Waals surface area contributed by atoms with Gasteiger partial charge in [-0.2, -0.15) is 0 Å². The topological polar surface area (TPSA) is 44.7 Å². The van der Waals surface area contributed by atoms with E-state index in [-0.39, 0.29) is 17.3 Å². The van der Waals surface area contributed by atoms with E-state index < -0.39 is 0 Å². The van der Waals surface area contributed by atoms with Gasteiger partial charge in [-0.05, 0) is 86.3 Å². The second-order valence-corrected chi connectivity index (χ2v) is 9.76. The molecule has 1 fully saturated rings. The van der Waals surface area contributed by atoms with Gasteiger partial charge in [0, 0.05) is 23.8 Å². The molecule has 0 aromatic heterocycles. The van der Waals surface area contributed by atoms with Crippen molar-refractivity contribution in [1.29, 1.82) is 0 Å². The normalized spacial score (nSPS) is 23.1. The summed E-state index contributed by atoms with van der Waals surface area (Å²) in [4.78, 5) is 19.5. The van der Waals surface area contributed by atoms with Crippen LogP contribution in [0, 0.1) is 12.7 Å². The van der Waals surface area contributed by atoms with Gasteiger partial charge in [0.2, 0.25) is 0 Å². The third-order valence-corrected chi connectivity index (χ3v) is 6.83. The molecule has 0 saturated carbocycles. The van der Waals surface area contributed by atoms with Gasteiger partial charge >= 0.3 is 0 Å². The van der Waals surface area contributed by atoms with Crippen molar-refractivity contribution in [1.82, 2.24) is 5.32 Å². The second-order valence-electron chi connectivity index (χ2n) is 8.73. The lowest BCUT2D eigenvalue weighted by Crippen LogP contribution is -2.45. The number of halogens is 1. The van der Waals surface area contributed by atoms with Gasteiger partial charge in [0.05, 0.1) is 10.6 Å². The van der Waals surface area contributed by atoms with Gasteiger partial charge in [0.25, 0.3) is 5.91 Å². The number of aliphatic imine (C=N–C) groups is 1. The second kappa shape index (κ2) is 7.58. The maximum Gasteiger partial charge on any atom is 0.264 e. The maximum atomic E-state index is 15.0. The molecule has 2 aliphatic heterocycles. The summed E-state index contributed by atoms with van der Waals surface area (Å²) in [7, 11) is 2.01. The molecule has 2 aromatic rings. The van der Waals surface area contributed by atoms with E-state index in [4.69, 9.17) is 0 Å². The van der Waals surface area contributed by atoms with Crippen molar-refractivity contribution in [2.45, 2.75) is 45.6 Å². The van der Waals surface area contributed by atoms with Gasteiger partial charge in [0.1, 0.15) is 5.82 Å². The lowest BCUT2D eigenvalue weighted by atomic mass is 9.80. The van der Waals surface area contributed by atoms with Crippen molar-refractivity contribution in [3.8, 4) is 0 Å². The largest absolute Gasteiger partial charge is 0.369 e. The predicted molar refractivity (Wildman–Crippen MR) is 124 cm³/mol. The molecular formula is C24H26FN3OS. The lowest BCUT2D eigenvalue weighted by molar-refractivity contribution is -0.115. The van der Waals surface area contributed by atoms with Crippen LogP contribution in [0.3, 0.4) is 0 Å². The first-order chi connectivity index (χ1) is 14.1. The van der Waals surface area contributed by atoms with Crippen molar-refractivity contribution in [3.05, 3.63) is 63.8 Å². The Bertz CT molecular complexity index is 1090. The van der Waals surface area contributed by atoms with E-state index in [1.165, 1.54) is 11.8 Å². The highest BCUT2D eigenvalue weighted by Gasteiger charge is 2.35. The molecule has 4 rings (SSSR count). The molecule has 1 saturated heterocycles. The Morgan fingerprint density at radius 1 is 1.30 bits per heavy atom. The zero-order valence-corrected chi connectivity index (χ0v) is 18.7. The van der Waals surface area contributed by atoms with Crippen LogP contribution in [-0.4, -0.2) is 23.7 Å². The first kappa shape index (κ1) is 20.7. The van der Waals surface area contributed by atoms with Gasteiger partial charge in [-0.25, -0.2) is 9.38 Å². The molecule has 156 valence electrons. The van der Waals surface area contributed by atoms with E-state index in [1.807, 2.05) is 44.3 Å². The molecule has 30 heavy (non-hydrogen) atoms. The number of nitrogens with zero attached hydrogens (tertiary/aromatic N) is 2. The minimum absolute atomic E-state index is 0.0266. The molecule has 6 heteroatoms. The molecule has 2 aromatic carbocycles. The number of amidine groups is 1. The van der Waals surface area contributed by atoms with Crippen LogP contribution in [0.1, 0.15) is 49.8 Å². The molecule has 2 heterocycles. The quantitative estimate of drug-likeness (QED) is 0.626. The van der Waals surface area contributed by atoms with Gasteiger partial charge in [0.15, 0.2) is 5.17 Å². The Morgan fingerprint density at radius 2 is 2.07 bits per heavy atom. The zero-order valence-electron chi connectivity index (χ0n) is 17.9. The number of carbonyl (C=O) groups is 1. The average molecular weight is 424 g/mol. The molecule has 4 nitrogen and oxygen atoms in total. The monoisotopic (exact) mass is 423 g/mol. The number of fused-ring (bicyclic) bond motifs is 1. The number of nitrogens with one attached hydrogen (secondary N) is 1. The Kier molecular flexibility index (Phi) is 5.22. The molecule has 1 N–H and O–H groups in total. The molecule has 2 aliphatic rings. The number of carbonyl (C=O) groups excluding carboxylic acids is 1. The van der Waals surface area contributed by atoms with Crippen molar-refractivity contribution < 1.29 is 9.18 Å². The summed E-state index contributed by atoms with van der Waals surface area (Å²) < 4.78 is 15.0. The minimum atomic E-state index is -0.324. The Morgan fingerprint density at radius 3 is 2.80 bits per heavy atom. The fourth-order valence-corrected chi connectivity index (χ4v) is 4.98. The summed E-state index contributed by atoms with van der Waals surface area (Å²) in [5.74, 6) is -0.266. The SMILES string of the molecule is Cc1cccc(N=C2NC(=O)/C(=C\c3cc4c(cc3F)N(C)C(C)(C)CC4C)S2)c1. The third kappa shape index (κ3) is 3.88. The molecule has 1 unspecified atom stereocenters. The fourth-order valence-electron chi connectivity index (χ4n) is 4.15. The van der Waals surface area contributed by atoms with Gasteiger partial charge in [-0.15, -0.1) is 0 Å². The van der Waals surface area contributed by atoms with Crippen molar-refractivity contribution in [2.75, 3.05) is 11.9 Å². The number of hydrogen-bond acceptors (Lipinski definition) is 4. The standard InChI is InChI=1S/C24H26FN3OS/c1-14-7-6-8-17(9-14)26-23-27-22(29)21(30-23)11-16-10-18-15(2)13-24(3,4)28(5)20(18)12-19(16)25/h6-12,15H,13H2,1-5H3,(H,26,27,29)/b21-11+. The smallest absolute Gasteiger partial charge is 0.264 e.